The van der Waals surface area contributed by atoms with Gasteiger partial charge in [0.1, 0.15) is 11.8 Å². The molecule has 1 amide bonds. The van der Waals surface area contributed by atoms with Gasteiger partial charge in [0.15, 0.2) is 12.3 Å². The van der Waals surface area contributed by atoms with Crippen LogP contribution >= 0.6 is 0 Å². The van der Waals surface area contributed by atoms with Crippen molar-refractivity contribution in [2.45, 2.75) is 0 Å². The van der Waals surface area contributed by atoms with Crippen molar-refractivity contribution in [1.82, 2.24) is 9.97 Å². The zero-order valence-electron chi connectivity index (χ0n) is 9.23. The molecule has 2 aromatic rings. The summed E-state index contributed by atoms with van der Waals surface area (Å²) >= 11 is 0. The summed E-state index contributed by atoms with van der Waals surface area (Å²) in [5.41, 5.74) is 2.31. The van der Waals surface area contributed by atoms with Crippen LogP contribution in [0.25, 0.3) is 11.3 Å². The van der Waals surface area contributed by atoms with Gasteiger partial charge in [-0.15, -0.1) is 0 Å². The number of aromatic amines is 1. The number of nitrogens with one attached hydrogen (secondary N) is 2. The molecule has 88 valence electrons. The van der Waals surface area contributed by atoms with Gasteiger partial charge in [-0.2, -0.15) is 5.26 Å². The Hall–Kier alpha value is -2.81. The lowest BCUT2D eigenvalue weighted by atomic mass is 10.1. The molecule has 0 spiro atoms. The van der Waals surface area contributed by atoms with E-state index in [1.807, 2.05) is 12.1 Å². The van der Waals surface area contributed by atoms with E-state index >= 15 is 0 Å². The molecule has 0 atom stereocenters. The number of anilines is 1. The summed E-state index contributed by atoms with van der Waals surface area (Å²) in [6, 6.07) is 7.32. The third-order valence-electron chi connectivity index (χ3n) is 2.65. The van der Waals surface area contributed by atoms with Crippen molar-refractivity contribution in [2.24, 2.45) is 0 Å². The van der Waals surface area contributed by atoms with Gasteiger partial charge in [-0.1, -0.05) is 0 Å². The van der Waals surface area contributed by atoms with Crippen LogP contribution in [0.3, 0.4) is 0 Å². The maximum Gasteiger partial charge on any atom is 0.262 e. The smallest absolute Gasteiger partial charge is 0.262 e. The van der Waals surface area contributed by atoms with E-state index in [9.17, 15) is 4.79 Å². The normalized spacial score (nSPS) is 13.2. The lowest BCUT2D eigenvalue weighted by Crippen LogP contribution is -2.25. The Bertz CT molecular complexity index is 669. The van der Waals surface area contributed by atoms with Gasteiger partial charge in [0, 0.05) is 5.56 Å². The summed E-state index contributed by atoms with van der Waals surface area (Å²) in [6.45, 7) is 0.0276. The van der Waals surface area contributed by atoms with Crippen molar-refractivity contribution < 1.29 is 9.53 Å². The second kappa shape index (κ2) is 3.89. The molecule has 0 saturated carbocycles. The Kier molecular flexibility index (Phi) is 2.24. The number of benzene rings is 1. The average Bonchev–Trinajstić information content (AvgIpc) is 2.86. The van der Waals surface area contributed by atoms with E-state index in [0.29, 0.717) is 22.8 Å². The number of rotatable bonds is 1. The number of hydrogen-bond donors (Lipinski definition) is 2. The maximum absolute atomic E-state index is 11.2. The molecule has 0 radical (unpaired) electrons. The van der Waals surface area contributed by atoms with Crippen LogP contribution in [0.5, 0.6) is 5.75 Å². The van der Waals surface area contributed by atoms with Gasteiger partial charge < -0.3 is 15.0 Å². The number of hydrogen-bond acceptors (Lipinski definition) is 4. The first-order valence-corrected chi connectivity index (χ1v) is 5.28. The zero-order valence-corrected chi connectivity index (χ0v) is 9.23. The number of amides is 1. The first-order valence-electron chi connectivity index (χ1n) is 5.28. The highest BCUT2D eigenvalue weighted by Gasteiger charge is 2.17. The molecule has 6 heteroatoms. The molecule has 6 nitrogen and oxygen atoms in total. The van der Waals surface area contributed by atoms with Crippen LogP contribution in [0.4, 0.5) is 5.69 Å². The molecule has 1 aromatic heterocycles. The van der Waals surface area contributed by atoms with Gasteiger partial charge >= 0.3 is 0 Å². The number of imidazole rings is 1. The van der Waals surface area contributed by atoms with Crippen LogP contribution < -0.4 is 10.1 Å². The molecule has 2 N–H and O–H groups in total. The Morgan fingerprint density at radius 1 is 1.44 bits per heavy atom. The average molecular weight is 240 g/mol. The van der Waals surface area contributed by atoms with Crippen LogP contribution in [-0.2, 0) is 4.79 Å². The largest absolute Gasteiger partial charge is 0.482 e. The minimum absolute atomic E-state index is 0.0276. The summed E-state index contributed by atoms with van der Waals surface area (Å²) in [5, 5.41) is 11.6. The molecular weight excluding hydrogens is 232 g/mol. The van der Waals surface area contributed by atoms with Crippen molar-refractivity contribution >= 4 is 11.6 Å². The number of nitriles is 1. The van der Waals surface area contributed by atoms with Gasteiger partial charge in [-0.25, -0.2) is 4.98 Å². The molecule has 0 bridgehead atoms. The highest BCUT2D eigenvalue weighted by Crippen LogP contribution is 2.32. The number of carbonyl (C=O) groups is 1. The molecule has 2 heterocycles. The number of nitrogens with zero attached hydrogens (tertiary/aromatic N) is 2. The van der Waals surface area contributed by atoms with Gasteiger partial charge in [0.2, 0.25) is 0 Å². The molecule has 0 aliphatic carbocycles. The Balaban J connectivity index is 2.08. The van der Waals surface area contributed by atoms with Gasteiger partial charge in [-0.3, -0.25) is 4.79 Å². The van der Waals surface area contributed by atoms with Crippen molar-refractivity contribution in [3.8, 4) is 23.1 Å². The van der Waals surface area contributed by atoms with E-state index in [1.54, 1.807) is 12.1 Å². The topological polar surface area (TPSA) is 90.8 Å². The fourth-order valence-electron chi connectivity index (χ4n) is 1.84. The van der Waals surface area contributed by atoms with E-state index in [0.717, 1.165) is 5.56 Å². The van der Waals surface area contributed by atoms with Crippen LogP contribution in [0, 0.1) is 11.3 Å². The van der Waals surface area contributed by atoms with Crippen molar-refractivity contribution in [2.75, 3.05) is 11.9 Å². The van der Waals surface area contributed by atoms with Crippen LogP contribution in [0.1, 0.15) is 5.69 Å². The molecule has 1 aromatic carbocycles. The van der Waals surface area contributed by atoms with E-state index in [1.165, 1.54) is 6.33 Å². The Morgan fingerprint density at radius 2 is 2.33 bits per heavy atom. The predicted molar refractivity (Wildman–Crippen MR) is 62.9 cm³/mol. The first kappa shape index (κ1) is 10.4. The van der Waals surface area contributed by atoms with Crippen molar-refractivity contribution in [3.63, 3.8) is 0 Å². The second-order valence-electron chi connectivity index (χ2n) is 3.79. The SMILES string of the molecule is N#Cc1nc[nH]c1-c1ccc2c(c1)NC(=O)CO2. The summed E-state index contributed by atoms with van der Waals surface area (Å²) in [7, 11) is 0. The number of ether oxygens (including phenoxy) is 1. The van der Waals surface area contributed by atoms with Gasteiger partial charge in [-0.05, 0) is 18.2 Å². The minimum Gasteiger partial charge on any atom is -0.482 e. The standard InChI is InChI=1S/C12H8N4O2/c13-4-9-12(15-6-14-9)7-1-2-10-8(3-7)16-11(17)5-18-10/h1-3,6H,5H2,(H,14,15)(H,16,17). The van der Waals surface area contributed by atoms with E-state index in [-0.39, 0.29) is 12.5 Å². The monoisotopic (exact) mass is 240 g/mol. The number of carbonyl (C=O) groups excluding carboxylic acids is 1. The van der Waals surface area contributed by atoms with Gasteiger partial charge in [0.05, 0.1) is 17.7 Å². The van der Waals surface area contributed by atoms with Crippen LogP contribution in [0.15, 0.2) is 24.5 Å². The molecule has 3 rings (SSSR count). The molecule has 0 saturated heterocycles. The maximum atomic E-state index is 11.2. The number of fused-ring (bicyclic) bond motifs is 1. The second-order valence-corrected chi connectivity index (χ2v) is 3.79. The Labute approximate surface area is 102 Å². The molecule has 1 aliphatic rings. The fourth-order valence-corrected chi connectivity index (χ4v) is 1.84. The van der Waals surface area contributed by atoms with E-state index < -0.39 is 0 Å². The minimum atomic E-state index is -0.190. The summed E-state index contributed by atoms with van der Waals surface area (Å²) in [4.78, 5) is 18.0. The number of aromatic nitrogens is 2. The van der Waals surface area contributed by atoms with Crippen LogP contribution in [-0.4, -0.2) is 22.5 Å². The van der Waals surface area contributed by atoms with Gasteiger partial charge in [0.25, 0.3) is 5.91 Å². The highest BCUT2D eigenvalue weighted by molar-refractivity contribution is 5.96. The van der Waals surface area contributed by atoms with E-state index in [2.05, 4.69) is 15.3 Å². The number of H-pyrrole nitrogens is 1. The van der Waals surface area contributed by atoms with Crippen molar-refractivity contribution in [1.29, 1.82) is 5.26 Å². The molecule has 18 heavy (non-hydrogen) atoms. The summed E-state index contributed by atoms with van der Waals surface area (Å²) in [5.74, 6) is 0.432. The predicted octanol–water partition coefficient (Wildman–Crippen LogP) is 1.28. The summed E-state index contributed by atoms with van der Waals surface area (Å²) < 4.78 is 5.26. The van der Waals surface area contributed by atoms with Crippen LogP contribution in [0.2, 0.25) is 0 Å². The summed E-state index contributed by atoms with van der Waals surface area (Å²) in [6.07, 6.45) is 1.46. The molecule has 0 fully saturated rings. The lowest BCUT2D eigenvalue weighted by molar-refractivity contribution is -0.118. The third-order valence-corrected chi connectivity index (χ3v) is 2.65. The first-order chi connectivity index (χ1) is 8.78. The lowest BCUT2D eigenvalue weighted by Gasteiger charge is -2.18. The quantitative estimate of drug-likeness (QED) is 0.785. The third kappa shape index (κ3) is 1.58. The molecule has 0 unspecified atom stereocenters. The Morgan fingerprint density at radius 3 is 3.17 bits per heavy atom. The fraction of sp³-hybridized carbons (Fsp3) is 0.0833. The molecular formula is C12H8N4O2. The zero-order chi connectivity index (χ0) is 12.5. The van der Waals surface area contributed by atoms with Crippen molar-refractivity contribution in [3.05, 3.63) is 30.2 Å². The molecule has 1 aliphatic heterocycles. The van der Waals surface area contributed by atoms with E-state index in [4.69, 9.17) is 10.00 Å². The highest BCUT2D eigenvalue weighted by atomic mass is 16.5.